The van der Waals surface area contributed by atoms with Crippen LogP contribution in [0.5, 0.6) is 5.75 Å². The summed E-state index contributed by atoms with van der Waals surface area (Å²) in [7, 11) is 0. The molecule has 0 fully saturated rings. The van der Waals surface area contributed by atoms with Crippen molar-refractivity contribution < 1.29 is 24.0 Å². The van der Waals surface area contributed by atoms with Crippen LogP contribution in [0.3, 0.4) is 0 Å². The van der Waals surface area contributed by atoms with Gasteiger partial charge in [-0.1, -0.05) is 48.5 Å². The Morgan fingerprint density at radius 2 is 1.52 bits per heavy atom. The molecule has 33 heavy (non-hydrogen) atoms. The Morgan fingerprint density at radius 1 is 0.879 bits per heavy atom. The van der Waals surface area contributed by atoms with Gasteiger partial charge in [-0.15, -0.1) is 0 Å². The first-order valence-electron chi connectivity index (χ1n) is 10.0. The van der Waals surface area contributed by atoms with Crippen molar-refractivity contribution in [3.8, 4) is 5.75 Å². The highest BCUT2D eigenvalue weighted by molar-refractivity contribution is 6.27. The number of nitrogens with zero attached hydrogens (tertiary/aromatic N) is 1. The van der Waals surface area contributed by atoms with Gasteiger partial charge in [0, 0.05) is 29.2 Å². The summed E-state index contributed by atoms with van der Waals surface area (Å²) in [5, 5.41) is 22.7. The van der Waals surface area contributed by atoms with Crippen molar-refractivity contribution in [2.75, 3.05) is 0 Å². The average molecular weight is 441 g/mol. The molecule has 1 N–H and O–H groups in total. The van der Waals surface area contributed by atoms with Crippen LogP contribution in [-0.2, 0) is 0 Å². The Labute approximate surface area is 185 Å². The van der Waals surface area contributed by atoms with Crippen molar-refractivity contribution >= 4 is 28.2 Å². The monoisotopic (exact) mass is 441 g/mol. The molecule has 0 saturated carbocycles. The zero-order chi connectivity index (χ0) is 23.3. The molecule has 8 heteroatoms. The third-order valence-electron chi connectivity index (χ3n) is 5.93. The summed E-state index contributed by atoms with van der Waals surface area (Å²) in [5.41, 5.74) is -0.804. The number of nitro benzene ring substituents is 1. The SMILES string of the molecule is O=C1c2ccccc2C(=O)C1C(c1cccc([N+](=O)[O-])c1)c1c(O)c2ccccc2oc1=O. The topological polar surface area (TPSA) is 128 Å². The number of non-ortho nitro benzene ring substituents is 1. The van der Waals surface area contributed by atoms with E-state index in [0.29, 0.717) is 0 Å². The minimum atomic E-state index is -1.39. The van der Waals surface area contributed by atoms with Gasteiger partial charge in [-0.2, -0.15) is 0 Å². The van der Waals surface area contributed by atoms with E-state index in [4.69, 9.17) is 4.42 Å². The molecule has 0 amide bonds. The standard InChI is InChI=1S/C25H15NO7/c27-22-15-8-1-2-9-16(15)23(28)20(22)19(13-6-5-7-14(12-13)26(31)32)21-24(29)17-10-3-4-11-18(17)33-25(21)30/h1-12,19-20,29H. The van der Waals surface area contributed by atoms with Crippen LogP contribution in [0.2, 0.25) is 0 Å². The number of Topliss-reactive ketones (excluding diaryl/α,β-unsaturated/α-hetero) is 2. The lowest BCUT2D eigenvalue weighted by atomic mass is 9.78. The Hall–Kier alpha value is -4.59. The van der Waals surface area contributed by atoms with Gasteiger partial charge in [0.2, 0.25) is 0 Å². The average Bonchev–Trinajstić information content (AvgIpc) is 3.07. The molecule has 8 nitrogen and oxygen atoms in total. The van der Waals surface area contributed by atoms with Crippen LogP contribution in [0.1, 0.15) is 37.8 Å². The maximum Gasteiger partial charge on any atom is 0.343 e. The molecule has 0 spiro atoms. The van der Waals surface area contributed by atoms with Gasteiger partial charge >= 0.3 is 5.63 Å². The van der Waals surface area contributed by atoms with E-state index in [1.165, 1.54) is 48.5 Å². The fourth-order valence-corrected chi connectivity index (χ4v) is 4.45. The van der Waals surface area contributed by atoms with Crippen LogP contribution >= 0.6 is 0 Å². The predicted octanol–water partition coefficient (Wildman–Crippen LogP) is 4.23. The number of fused-ring (bicyclic) bond motifs is 2. The summed E-state index contributed by atoms with van der Waals surface area (Å²) in [6.45, 7) is 0. The van der Waals surface area contributed by atoms with E-state index in [2.05, 4.69) is 0 Å². The maximum atomic E-state index is 13.3. The highest BCUT2D eigenvalue weighted by atomic mass is 16.6. The molecule has 5 rings (SSSR count). The van der Waals surface area contributed by atoms with E-state index in [9.17, 15) is 29.6 Å². The Bertz CT molecular complexity index is 1500. The molecule has 3 aromatic carbocycles. The maximum absolute atomic E-state index is 13.3. The van der Waals surface area contributed by atoms with Crippen LogP contribution in [0, 0.1) is 16.0 Å². The van der Waals surface area contributed by atoms with Crippen LogP contribution in [0.15, 0.2) is 82.0 Å². The van der Waals surface area contributed by atoms with Crippen molar-refractivity contribution in [1.82, 2.24) is 0 Å². The van der Waals surface area contributed by atoms with E-state index in [-0.39, 0.29) is 38.9 Å². The number of benzene rings is 3. The number of carbonyl (C=O) groups is 2. The summed E-state index contributed by atoms with van der Waals surface area (Å²) in [4.78, 5) is 50.5. The molecular weight excluding hydrogens is 426 g/mol. The van der Waals surface area contributed by atoms with Gasteiger partial charge in [-0.3, -0.25) is 19.7 Å². The summed E-state index contributed by atoms with van der Waals surface area (Å²) in [6, 6.07) is 17.9. The highest BCUT2D eigenvalue weighted by Crippen LogP contribution is 2.44. The minimum Gasteiger partial charge on any atom is -0.507 e. The lowest BCUT2D eigenvalue weighted by Crippen LogP contribution is -2.28. The quantitative estimate of drug-likeness (QED) is 0.217. The van der Waals surface area contributed by atoms with Gasteiger partial charge in [0.15, 0.2) is 11.6 Å². The van der Waals surface area contributed by atoms with Gasteiger partial charge in [0.05, 0.1) is 21.8 Å². The van der Waals surface area contributed by atoms with Crippen molar-refractivity contribution in [2.24, 2.45) is 5.92 Å². The molecule has 1 aliphatic rings. The van der Waals surface area contributed by atoms with Crippen LogP contribution < -0.4 is 5.63 Å². The molecule has 0 bridgehead atoms. The van der Waals surface area contributed by atoms with E-state index < -0.39 is 39.7 Å². The van der Waals surface area contributed by atoms with Crippen molar-refractivity contribution in [3.63, 3.8) is 0 Å². The van der Waals surface area contributed by atoms with Gasteiger partial charge < -0.3 is 9.52 Å². The number of nitro groups is 1. The second-order valence-electron chi connectivity index (χ2n) is 7.73. The van der Waals surface area contributed by atoms with E-state index in [0.717, 1.165) is 0 Å². The van der Waals surface area contributed by atoms with Gasteiger partial charge in [-0.05, 0) is 17.7 Å². The van der Waals surface area contributed by atoms with Gasteiger partial charge in [0.25, 0.3) is 5.69 Å². The molecule has 1 aliphatic carbocycles. The molecule has 1 aromatic heterocycles. The Kier molecular flexibility index (Phi) is 4.63. The van der Waals surface area contributed by atoms with Crippen LogP contribution in [0.4, 0.5) is 5.69 Å². The second kappa shape index (κ2) is 7.52. The smallest absolute Gasteiger partial charge is 0.343 e. The molecule has 0 radical (unpaired) electrons. The highest BCUT2D eigenvalue weighted by Gasteiger charge is 2.46. The molecule has 1 unspecified atom stereocenters. The zero-order valence-electron chi connectivity index (χ0n) is 16.9. The number of hydrogen-bond donors (Lipinski definition) is 1. The Balaban J connectivity index is 1.81. The number of aromatic hydroxyl groups is 1. The number of ketones is 2. The second-order valence-corrected chi connectivity index (χ2v) is 7.73. The predicted molar refractivity (Wildman–Crippen MR) is 118 cm³/mol. The van der Waals surface area contributed by atoms with Crippen LogP contribution in [-0.4, -0.2) is 21.6 Å². The van der Waals surface area contributed by atoms with Crippen molar-refractivity contribution in [1.29, 1.82) is 0 Å². The molecule has 1 atom stereocenters. The molecule has 0 saturated heterocycles. The fraction of sp³-hybridized carbons (Fsp3) is 0.0800. The first-order chi connectivity index (χ1) is 15.9. The lowest BCUT2D eigenvalue weighted by Gasteiger charge is -2.22. The Morgan fingerprint density at radius 3 is 2.18 bits per heavy atom. The van der Waals surface area contributed by atoms with E-state index in [1.807, 2.05) is 0 Å². The number of carbonyl (C=O) groups excluding carboxylic acids is 2. The zero-order valence-corrected chi connectivity index (χ0v) is 16.9. The third-order valence-corrected chi connectivity index (χ3v) is 5.93. The number of hydrogen-bond acceptors (Lipinski definition) is 7. The molecule has 1 heterocycles. The largest absolute Gasteiger partial charge is 0.507 e. The van der Waals surface area contributed by atoms with Gasteiger partial charge in [-0.25, -0.2) is 4.79 Å². The fourth-order valence-electron chi connectivity index (χ4n) is 4.45. The lowest BCUT2D eigenvalue weighted by molar-refractivity contribution is -0.384. The summed E-state index contributed by atoms with van der Waals surface area (Å²) >= 11 is 0. The first kappa shape index (κ1) is 20.3. The van der Waals surface area contributed by atoms with Crippen molar-refractivity contribution in [2.45, 2.75) is 5.92 Å². The minimum absolute atomic E-state index is 0.133. The van der Waals surface area contributed by atoms with Crippen LogP contribution in [0.25, 0.3) is 11.0 Å². The first-order valence-corrected chi connectivity index (χ1v) is 10.0. The van der Waals surface area contributed by atoms with E-state index in [1.54, 1.807) is 24.3 Å². The molecule has 162 valence electrons. The van der Waals surface area contributed by atoms with Gasteiger partial charge in [0.1, 0.15) is 11.3 Å². The third kappa shape index (κ3) is 3.11. The number of rotatable bonds is 4. The van der Waals surface area contributed by atoms with E-state index >= 15 is 0 Å². The molecule has 4 aromatic rings. The normalized spacial score (nSPS) is 14.4. The summed E-state index contributed by atoms with van der Waals surface area (Å²) < 4.78 is 5.39. The molecule has 0 aliphatic heterocycles. The molecular formula is C25H15NO7. The summed E-state index contributed by atoms with van der Waals surface area (Å²) in [6.07, 6.45) is 0. The van der Waals surface area contributed by atoms with Crippen molar-refractivity contribution in [3.05, 3.63) is 116 Å². The number of para-hydroxylation sites is 1. The summed E-state index contributed by atoms with van der Waals surface area (Å²) in [5.74, 6) is -4.18.